The molecule has 0 N–H and O–H groups in total. The van der Waals surface area contributed by atoms with Crippen molar-refractivity contribution in [2.75, 3.05) is 16.4 Å². The van der Waals surface area contributed by atoms with Crippen LogP contribution in [0.1, 0.15) is 27.8 Å². The molecule has 0 radical (unpaired) electrons. The second-order valence-electron chi connectivity index (χ2n) is 8.00. The Morgan fingerprint density at radius 2 is 1.75 bits per heavy atom. The predicted molar refractivity (Wildman–Crippen MR) is 119 cm³/mol. The first-order valence-electron chi connectivity index (χ1n) is 9.58. The zero-order valence-electron chi connectivity index (χ0n) is 16.8. The largest absolute Gasteiger partial charge is 0.317 e. The van der Waals surface area contributed by atoms with E-state index in [1.807, 2.05) is 0 Å². The molecule has 2 heterocycles. The fourth-order valence-electron chi connectivity index (χ4n) is 3.77. The number of anilines is 1. The second-order valence-corrected chi connectivity index (χ2v) is 11.4. The molecule has 28 heavy (non-hydrogen) atoms. The van der Waals surface area contributed by atoms with Crippen LogP contribution in [0.3, 0.4) is 0 Å². The van der Waals surface area contributed by atoms with Gasteiger partial charge in [0, 0.05) is 10.9 Å². The minimum Gasteiger partial charge on any atom is -0.317 e. The first-order valence-corrected chi connectivity index (χ1v) is 12.3. The van der Waals surface area contributed by atoms with Gasteiger partial charge in [0.25, 0.3) is 0 Å². The molecule has 4 nitrogen and oxygen atoms in total. The third-order valence-electron chi connectivity index (χ3n) is 5.67. The standard InChI is InChI=1S/C22H26N2O2S2/c1-14-5-6-16(3)18(9-14)11-24(19-8-7-15(2)17(4)10-19)22-23-20-12-28(25,26)13-21(20)27-22/h5-10,20-21H,11-13H2,1-4H3. The van der Waals surface area contributed by atoms with Crippen molar-refractivity contribution in [1.29, 1.82) is 0 Å². The highest BCUT2D eigenvalue weighted by molar-refractivity contribution is 8.15. The Hall–Kier alpha value is -1.79. The number of aliphatic imine (C=N–C) groups is 1. The van der Waals surface area contributed by atoms with Crippen LogP contribution in [0.5, 0.6) is 0 Å². The number of rotatable bonds is 3. The smallest absolute Gasteiger partial charge is 0.164 e. The molecule has 2 aliphatic heterocycles. The maximum atomic E-state index is 11.9. The number of nitrogens with zero attached hydrogens (tertiary/aromatic N) is 2. The molecule has 4 rings (SSSR count). The SMILES string of the molecule is Cc1ccc(C)c(CN(C2=NC3CS(=O)(=O)CC3S2)c2ccc(C)c(C)c2)c1. The molecular weight excluding hydrogens is 388 g/mol. The van der Waals surface area contributed by atoms with Gasteiger partial charge in [-0.1, -0.05) is 41.6 Å². The van der Waals surface area contributed by atoms with E-state index >= 15 is 0 Å². The summed E-state index contributed by atoms with van der Waals surface area (Å²) in [5.41, 5.74) is 7.38. The summed E-state index contributed by atoms with van der Waals surface area (Å²) in [6, 6.07) is 12.9. The Morgan fingerprint density at radius 3 is 2.46 bits per heavy atom. The maximum absolute atomic E-state index is 11.9. The lowest BCUT2D eigenvalue weighted by Gasteiger charge is -2.26. The van der Waals surface area contributed by atoms with Gasteiger partial charge in [-0.15, -0.1) is 0 Å². The molecule has 0 spiro atoms. The van der Waals surface area contributed by atoms with Crippen molar-refractivity contribution in [3.8, 4) is 0 Å². The summed E-state index contributed by atoms with van der Waals surface area (Å²) in [6.45, 7) is 9.22. The number of benzene rings is 2. The highest BCUT2D eigenvalue weighted by Crippen LogP contribution is 2.37. The number of fused-ring (bicyclic) bond motifs is 1. The highest BCUT2D eigenvalue weighted by Gasteiger charge is 2.44. The van der Waals surface area contributed by atoms with E-state index in [4.69, 9.17) is 4.99 Å². The Labute approximate surface area is 172 Å². The summed E-state index contributed by atoms with van der Waals surface area (Å²) in [5.74, 6) is 0.415. The molecule has 2 aliphatic rings. The van der Waals surface area contributed by atoms with Crippen LogP contribution in [0.25, 0.3) is 0 Å². The van der Waals surface area contributed by atoms with Crippen molar-refractivity contribution < 1.29 is 8.42 Å². The number of amidine groups is 1. The summed E-state index contributed by atoms with van der Waals surface area (Å²) in [6.07, 6.45) is 0. The number of sulfone groups is 1. The fourth-order valence-corrected chi connectivity index (χ4v) is 7.56. The molecule has 0 amide bonds. The van der Waals surface area contributed by atoms with E-state index in [2.05, 4.69) is 69.0 Å². The molecule has 148 valence electrons. The first-order chi connectivity index (χ1) is 13.2. The third kappa shape index (κ3) is 3.85. The van der Waals surface area contributed by atoms with Crippen molar-refractivity contribution >= 4 is 32.5 Å². The normalized spacial score (nSPS) is 22.8. The van der Waals surface area contributed by atoms with Crippen LogP contribution < -0.4 is 4.90 Å². The molecule has 2 aromatic carbocycles. The van der Waals surface area contributed by atoms with Gasteiger partial charge in [0.15, 0.2) is 15.0 Å². The second kappa shape index (κ2) is 7.23. The van der Waals surface area contributed by atoms with Crippen molar-refractivity contribution in [3.05, 3.63) is 64.2 Å². The summed E-state index contributed by atoms with van der Waals surface area (Å²) in [5, 5.41) is 0.988. The lowest BCUT2D eigenvalue weighted by molar-refractivity contribution is 0.601. The van der Waals surface area contributed by atoms with E-state index in [1.165, 1.54) is 27.8 Å². The lowest BCUT2D eigenvalue weighted by Crippen LogP contribution is -2.28. The first kappa shape index (κ1) is 19.5. The van der Waals surface area contributed by atoms with Crippen molar-refractivity contribution in [2.45, 2.75) is 45.5 Å². The van der Waals surface area contributed by atoms with Crippen LogP contribution in [0.2, 0.25) is 0 Å². The van der Waals surface area contributed by atoms with Crippen LogP contribution in [0.15, 0.2) is 41.4 Å². The number of hydrogen-bond donors (Lipinski definition) is 0. The summed E-state index contributed by atoms with van der Waals surface area (Å²) in [4.78, 5) is 7.10. The zero-order chi connectivity index (χ0) is 20.1. The fraction of sp³-hybridized carbons (Fsp3) is 0.409. The van der Waals surface area contributed by atoms with Crippen LogP contribution in [0.4, 0.5) is 5.69 Å². The van der Waals surface area contributed by atoms with E-state index in [0.29, 0.717) is 0 Å². The van der Waals surface area contributed by atoms with Crippen molar-refractivity contribution in [3.63, 3.8) is 0 Å². The van der Waals surface area contributed by atoms with Crippen LogP contribution in [0, 0.1) is 27.7 Å². The van der Waals surface area contributed by atoms with Gasteiger partial charge in [-0.2, -0.15) is 0 Å². The Bertz CT molecular complexity index is 1060. The van der Waals surface area contributed by atoms with E-state index in [0.717, 1.165) is 17.4 Å². The Kier molecular flexibility index (Phi) is 5.04. The predicted octanol–water partition coefficient (Wildman–Crippen LogP) is 4.20. The monoisotopic (exact) mass is 414 g/mol. The van der Waals surface area contributed by atoms with E-state index in [9.17, 15) is 8.42 Å². The molecule has 0 saturated carbocycles. The molecular formula is C22H26N2O2S2. The Balaban J connectivity index is 1.72. The molecule has 0 bridgehead atoms. The van der Waals surface area contributed by atoms with Crippen molar-refractivity contribution in [1.82, 2.24) is 0 Å². The van der Waals surface area contributed by atoms with Gasteiger partial charge < -0.3 is 4.90 Å². The summed E-state index contributed by atoms with van der Waals surface area (Å²) in [7, 11) is -2.95. The van der Waals surface area contributed by atoms with E-state index in [1.54, 1.807) is 11.8 Å². The maximum Gasteiger partial charge on any atom is 0.164 e. The Morgan fingerprint density at radius 1 is 1.00 bits per heavy atom. The average Bonchev–Trinajstić information content (AvgIpc) is 3.11. The molecule has 6 heteroatoms. The third-order valence-corrected chi connectivity index (χ3v) is 8.92. The zero-order valence-corrected chi connectivity index (χ0v) is 18.4. The van der Waals surface area contributed by atoms with Crippen LogP contribution in [-0.2, 0) is 16.4 Å². The van der Waals surface area contributed by atoms with Crippen LogP contribution in [-0.4, -0.2) is 36.4 Å². The quantitative estimate of drug-likeness (QED) is 0.755. The number of aryl methyl sites for hydroxylation is 4. The molecule has 1 saturated heterocycles. The van der Waals surface area contributed by atoms with Gasteiger partial charge in [0.05, 0.1) is 24.1 Å². The van der Waals surface area contributed by atoms with E-state index < -0.39 is 9.84 Å². The van der Waals surface area contributed by atoms with Gasteiger partial charge in [-0.25, -0.2) is 8.42 Å². The lowest BCUT2D eigenvalue weighted by atomic mass is 10.0. The summed E-state index contributed by atoms with van der Waals surface area (Å²) >= 11 is 1.62. The molecule has 2 aromatic rings. The van der Waals surface area contributed by atoms with Gasteiger partial charge in [0.2, 0.25) is 0 Å². The molecule has 1 fully saturated rings. The van der Waals surface area contributed by atoms with E-state index in [-0.39, 0.29) is 22.8 Å². The minimum atomic E-state index is -2.95. The van der Waals surface area contributed by atoms with Gasteiger partial charge in [-0.05, 0) is 62.1 Å². The summed E-state index contributed by atoms with van der Waals surface area (Å²) < 4.78 is 23.9. The average molecular weight is 415 g/mol. The number of hydrogen-bond acceptors (Lipinski definition) is 5. The molecule has 2 unspecified atom stereocenters. The molecule has 0 aliphatic carbocycles. The van der Waals surface area contributed by atoms with Gasteiger partial charge >= 0.3 is 0 Å². The minimum absolute atomic E-state index is 0.0488. The van der Waals surface area contributed by atoms with Crippen LogP contribution >= 0.6 is 11.8 Å². The van der Waals surface area contributed by atoms with Gasteiger partial charge in [-0.3, -0.25) is 4.99 Å². The topological polar surface area (TPSA) is 49.7 Å². The number of thioether (sulfide) groups is 1. The molecule has 2 atom stereocenters. The van der Waals surface area contributed by atoms with Crippen molar-refractivity contribution in [2.24, 2.45) is 4.99 Å². The highest BCUT2D eigenvalue weighted by atomic mass is 32.2. The molecule has 0 aromatic heterocycles. The van der Waals surface area contributed by atoms with Gasteiger partial charge in [0.1, 0.15) is 0 Å².